The fraction of sp³-hybridized carbons (Fsp3) is 0. The third kappa shape index (κ3) is 1.13. The average Bonchev–Trinajstić information content (AvgIpc) is 1.64. The molecule has 0 aliphatic rings. The van der Waals surface area contributed by atoms with Crippen molar-refractivity contribution in [1.29, 1.82) is 0 Å². The van der Waals surface area contributed by atoms with Gasteiger partial charge in [-0.15, -0.1) is 10.2 Å². The van der Waals surface area contributed by atoms with Crippen LogP contribution in [0.4, 0.5) is 4.39 Å². The topological polar surface area (TPSA) is 25.8 Å². The van der Waals surface area contributed by atoms with Gasteiger partial charge in [-0.1, -0.05) is 11.6 Å². The van der Waals surface area contributed by atoms with Crippen molar-refractivity contribution in [2.75, 3.05) is 0 Å². The van der Waals surface area contributed by atoms with Crippen LogP contribution in [0.1, 0.15) is 0 Å². The van der Waals surface area contributed by atoms with E-state index in [1.807, 2.05) is 0 Å². The zero-order chi connectivity index (χ0) is 5.98. The van der Waals surface area contributed by atoms with Crippen LogP contribution in [-0.2, 0) is 0 Å². The van der Waals surface area contributed by atoms with Gasteiger partial charge in [0.15, 0.2) is 0 Å². The summed E-state index contributed by atoms with van der Waals surface area (Å²) in [7, 11) is 0. The first-order valence-corrected chi connectivity index (χ1v) is 2.23. The van der Waals surface area contributed by atoms with Crippen molar-refractivity contribution < 1.29 is 4.39 Å². The maximum atomic E-state index is 11.9. The Bertz CT molecular complexity index is 174. The van der Waals surface area contributed by atoms with E-state index in [4.69, 9.17) is 11.6 Å². The molecule has 0 saturated heterocycles. The highest BCUT2D eigenvalue weighted by Gasteiger charge is 1.90. The lowest BCUT2D eigenvalue weighted by molar-refractivity contribution is 0.562. The Morgan fingerprint density at radius 2 is 2.50 bits per heavy atom. The molecule has 0 N–H and O–H groups in total. The summed E-state index contributed by atoms with van der Waals surface area (Å²) in [5.74, 6) is -0.686. The lowest BCUT2D eigenvalue weighted by Gasteiger charge is -1.82. The normalized spacial score (nSPS) is 9.25. The van der Waals surface area contributed by atoms with Gasteiger partial charge in [0.1, 0.15) is 6.20 Å². The second kappa shape index (κ2) is 2.05. The molecule has 0 aliphatic carbocycles. The van der Waals surface area contributed by atoms with Crippen molar-refractivity contribution in [3.63, 3.8) is 0 Å². The summed E-state index contributed by atoms with van der Waals surface area (Å²) in [5.41, 5.74) is 0. The molecular weight excluding hydrogens is 131 g/mol. The minimum atomic E-state index is -0.686. The molecule has 1 aromatic rings. The molecule has 0 aromatic carbocycles. The number of rotatable bonds is 0. The summed E-state index contributed by atoms with van der Waals surface area (Å²) >= 11 is 5.25. The molecule has 8 heavy (non-hydrogen) atoms. The molecule has 1 rings (SSSR count). The summed E-state index contributed by atoms with van der Waals surface area (Å²) in [4.78, 5) is 0. The van der Waals surface area contributed by atoms with Gasteiger partial charge in [0.05, 0.1) is 5.02 Å². The summed E-state index contributed by atoms with van der Waals surface area (Å²) in [6, 6.07) is 1.04. The van der Waals surface area contributed by atoms with Crippen LogP contribution in [0, 0.1) is 12.1 Å². The Hall–Kier alpha value is -0.700. The van der Waals surface area contributed by atoms with Gasteiger partial charge in [-0.3, -0.25) is 0 Å². The molecule has 0 aliphatic heterocycles. The fourth-order valence-corrected chi connectivity index (χ4v) is 0.414. The lowest BCUT2D eigenvalue weighted by Crippen LogP contribution is -1.84. The van der Waals surface area contributed by atoms with Gasteiger partial charge in [0.2, 0.25) is 5.95 Å². The standard InChI is InChI=1S/C4HClFN2/c5-3-1-4(6)8-7-2-3/h1H. The second-order valence-electron chi connectivity index (χ2n) is 1.13. The predicted molar refractivity (Wildman–Crippen MR) is 25.8 cm³/mol. The molecule has 0 bridgehead atoms. The van der Waals surface area contributed by atoms with Gasteiger partial charge < -0.3 is 0 Å². The predicted octanol–water partition coefficient (Wildman–Crippen LogP) is 1.07. The Balaban J connectivity index is 3.08. The Labute approximate surface area is 50.3 Å². The monoisotopic (exact) mass is 131 g/mol. The summed E-state index contributed by atoms with van der Waals surface area (Å²) in [6.45, 7) is 0. The fourth-order valence-electron chi connectivity index (χ4n) is 0.286. The summed E-state index contributed by atoms with van der Waals surface area (Å²) in [5, 5.41) is 6.22. The first-order valence-electron chi connectivity index (χ1n) is 1.85. The van der Waals surface area contributed by atoms with Gasteiger partial charge in [0.25, 0.3) is 0 Å². The molecular formula is C4HClFN2. The van der Waals surface area contributed by atoms with Gasteiger partial charge >= 0.3 is 0 Å². The van der Waals surface area contributed by atoms with E-state index in [0.717, 1.165) is 6.07 Å². The summed E-state index contributed by atoms with van der Waals surface area (Å²) in [6.07, 6.45) is 2.24. The minimum Gasteiger partial charge on any atom is -0.183 e. The highest BCUT2D eigenvalue weighted by molar-refractivity contribution is 6.30. The third-order valence-electron chi connectivity index (χ3n) is 0.548. The van der Waals surface area contributed by atoms with E-state index in [1.54, 1.807) is 0 Å². The van der Waals surface area contributed by atoms with Crippen LogP contribution < -0.4 is 0 Å². The van der Waals surface area contributed by atoms with Crippen molar-refractivity contribution in [3.05, 3.63) is 23.2 Å². The van der Waals surface area contributed by atoms with Gasteiger partial charge in [-0.25, -0.2) is 0 Å². The zero-order valence-electron chi connectivity index (χ0n) is 3.73. The van der Waals surface area contributed by atoms with Crippen LogP contribution in [0.2, 0.25) is 5.02 Å². The van der Waals surface area contributed by atoms with Crippen molar-refractivity contribution in [1.82, 2.24) is 10.2 Å². The maximum Gasteiger partial charge on any atom is 0.234 e. The van der Waals surface area contributed by atoms with Crippen molar-refractivity contribution in [3.8, 4) is 0 Å². The SMILES string of the molecule is Fc1cc(Cl)[c]nn1. The molecule has 0 spiro atoms. The number of hydrogen-bond acceptors (Lipinski definition) is 2. The van der Waals surface area contributed by atoms with E-state index < -0.39 is 5.95 Å². The van der Waals surface area contributed by atoms with Gasteiger partial charge in [0, 0.05) is 6.07 Å². The number of aromatic nitrogens is 2. The Kier molecular flexibility index (Phi) is 1.39. The van der Waals surface area contributed by atoms with Crippen LogP contribution >= 0.6 is 11.6 Å². The van der Waals surface area contributed by atoms with Gasteiger partial charge in [-0.05, 0) is 0 Å². The Morgan fingerprint density at radius 3 is 2.88 bits per heavy atom. The van der Waals surface area contributed by atoms with Crippen molar-refractivity contribution >= 4 is 11.6 Å². The van der Waals surface area contributed by atoms with E-state index in [2.05, 4.69) is 16.4 Å². The van der Waals surface area contributed by atoms with E-state index in [0.29, 0.717) is 0 Å². The second-order valence-corrected chi connectivity index (χ2v) is 1.53. The minimum absolute atomic E-state index is 0.137. The van der Waals surface area contributed by atoms with Crippen molar-refractivity contribution in [2.24, 2.45) is 0 Å². The molecule has 1 radical (unpaired) electrons. The van der Waals surface area contributed by atoms with Crippen LogP contribution in [-0.4, -0.2) is 10.2 Å². The van der Waals surface area contributed by atoms with Crippen LogP contribution in [0.25, 0.3) is 0 Å². The average molecular weight is 132 g/mol. The molecule has 0 atom stereocenters. The molecule has 1 aromatic heterocycles. The van der Waals surface area contributed by atoms with E-state index >= 15 is 0 Å². The number of halogens is 2. The maximum absolute atomic E-state index is 11.9. The molecule has 41 valence electrons. The number of nitrogens with zero attached hydrogens (tertiary/aromatic N) is 2. The van der Waals surface area contributed by atoms with Crippen LogP contribution in [0.3, 0.4) is 0 Å². The first kappa shape index (κ1) is 5.44. The molecule has 2 nitrogen and oxygen atoms in total. The molecule has 0 amide bonds. The van der Waals surface area contributed by atoms with E-state index in [9.17, 15) is 4.39 Å². The van der Waals surface area contributed by atoms with Crippen LogP contribution in [0.15, 0.2) is 6.07 Å². The van der Waals surface area contributed by atoms with Crippen molar-refractivity contribution in [2.45, 2.75) is 0 Å². The molecule has 4 heteroatoms. The highest BCUT2D eigenvalue weighted by Crippen LogP contribution is 2.02. The molecule has 0 saturated carbocycles. The molecule has 0 fully saturated rings. The first-order chi connectivity index (χ1) is 3.79. The summed E-state index contributed by atoms with van der Waals surface area (Å²) < 4.78 is 11.9. The lowest BCUT2D eigenvalue weighted by atomic mass is 10.6. The zero-order valence-corrected chi connectivity index (χ0v) is 4.48. The van der Waals surface area contributed by atoms with E-state index in [1.165, 1.54) is 0 Å². The Morgan fingerprint density at radius 1 is 1.75 bits per heavy atom. The molecule has 0 unspecified atom stereocenters. The largest absolute Gasteiger partial charge is 0.234 e. The van der Waals surface area contributed by atoms with Crippen LogP contribution in [0.5, 0.6) is 0 Å². The highest BCUT2D eigenvalue weighted by atomic mass is 35.5. The third-order valence-corrected chi connectivity index (χ3v) is 0.742. The quantitative estimate of drug-likeness (QED) is 0.526. The smallest absolute Gasteiger partial charge is 0.183 e. The molecule has 1 heterocycles. The van der Waals surface area contributed by atoms with E-state index in [-0.39, 0.29) is 5.02 Å². The number of hydrogen-bond donors (Lipinski definition) is 0. The van der Waals surface area contributed by atoms with Gasteiger partial charge in [-0.2, -0.15) is 4.39 Å².